The molecule has 0 spiro atoms. The van der Waals surface area contributed by atoms with E-state index in [0.29, 0.717) is 12.0 Å². The molecule has 0 bridgehead atoms. The standard InChI is InChI=1S/C16H27N/c1-5-7-15(8-6-2)17-16-11-9-14(10-12-16)13(3)4/h9-13,15,17H,5-8H2,1-4H3. The van der Waals surface area contributed by atoms with Crippen LogP contribution in [0.25, 0.3) is 0 Å². The fraction of sp³-hybridized carbons (Fsp3) is 0.625. The van der Waals surface area contributed by atoms with E-state index < -0.39 is 0 Å². The van der Waals surface area contributed by atoms with Gasteiger partial charge in [-0.15, -0.1) is 0 Å². The summed E-state index contributed by atoms with van der Waals surface area (Å²) in [4.78, 5) is 0. The topological polar surface area (TPSA) is 12.0 Å². The smallest absolute Gasteiger partial charge is 0.0342 e. The Morgan fingerprint density at radius 2 is 1.47 bits per heavy atom. The summed E-state index contributed by atoms with van der Waals surface area (Å²) in [5.41, 5.74) is 2.68. The molecule has 0 aliphatic rings. The average Bonchev–Trinajstić information content (AvgIpc) is 2.30. The van der Waals surface area contributed by atoms with Crippen LogP contribution in [-0.4, -0.2) is 6.04 Å². The number of nitrogens with one attached hydrogen (secondary N) is 1. The van der Waals surface area contributed by atoms with E-state index in [1.54, 1.807) is 0 Å². The minimum absolute atomic E-state index is 0.617. The quantitative estimate of drug-likeness (QED) is 0.683. The van der Waals surface area contributed by atoms with Crippen LogP contribution in [0.4, 0.5) is 5.69 Å². The van der Waals surface area contributed by atoms with E-state index in [1.807, 2.05) is 0 Å². The van der Waals surface area contributed by atoms with Crippen LogP contribution in [0.3, 0.4) is 0 Å². The molecular weight excluding hydrogens is 206 g/mol. The van der Waals surface area contributed by atoms with Crippen LogP contribution < -0.4 is 5.32 Å². The molecule has 0 unspecified atom stereocenters. The lowest BCUT2D eigenvalue weighted by molar-refractivity contribution is 0.586. The van der Waals surface area contributed by atoms with Gasteiger partial charge in [0, 0.05) is 11.7 Å². The summed E-state index contributed by atoms with van der Waals surface area (Å²) in [6.07, 6.45) is 5.03. The van der Waals surface area contributed by atoms with E-state index in [0.717, 1.165) is 0 Å². The average molecular weight is 233 g/mol. The molecule has 1 heteroatoms. The Bertz CT molecular complexity index is 294. The van der Waals surface area contributed by atoms with Crippen molar-refractivity contribution in [2.45, 2.75) is 65.3 Å². The van der Waals surface area contributed by atoms with Gasteiger partial charge in [-0.2, -0.15) is 0 Å². The second-order valence-electron chi connectivity index (χ2n) is 5.20. The molecule has 96 valence electrons. The van der Waals surface area contributed by atoms with Crippen LogP contribution in [0.1, 0.15) is 64.9 Å². The number of hydrogen-bond donors (Lipinski definition) is 1. The van der Waals surface area contributed by atoms with Crippen molar-refractivity contribution in [2.24, 2.45) is 0 Å². The molecular formula is C16H27N. The summed E-state index contributed by atoms with van der Waals surface area (Å²) in [6.45, 7) is 8.98. The highest BCUT2D eigenvalue weighted by molar-refractivity contribution is 5.45. The Morgan fingerprint density at radius 1 is 0.941 bits per heavy atom. The molecule has 1 aromatic carbocycles. The Labute approximate surface area is 107 Å². The predicted molar refractivity (Wildman–Crippen MR) is 77.8 cm³/mol. The van der Waals surface area contributed by atoms with Crippen molar-refractivity contribution in [3.63, 3.8) is 0 Å². The maximum atomic E-state index is 3.65. The van der Waals surface area contributed by atoms with Crippen LogP contribution in [0, 0.1) is 0 Å². The van der Waals surface area contributed by atoms with Gasteiger partial charge in [-0.25, -0.2) is 0 Å². The fourth-order valence-corrected chi connectivity index (χ4v) is 2.19. The van der Waals surface area contributed by atoms with Crippen LogP contribution >= 0.6 is 0 Å². The number of rotatable bonds is 7. The molecule has 1 rings (SSSR count). The van der Waals surface area contributed by atoms with Crippen LogP contribution in [0.15, 0.2) is 24.3 Å². The van der Waals surface area contributed by atoms with Crippen molar-refractivity contribution in [3.05, 3.63) is 29.8 Å². The van der Waals surface area contributed by atoms with Gasteiger partial charge in [0.25, 0.3) is 0 Å². The lowest BCUT2D eigenvalue weighted by Gasteiger charge is -2.19. The fourth-order valence-electron chi connectivity index (χ4n) is 2.19. The highest BCUT2D eigenvalue weighted by Gasteiger charge is 2.06. The summed E-state index contributed by atoms with van der Waals surface area (Å²) < 4.78 is 0. The third-order valence-electron chi connectivity index (χ3n) is 3.22. The molecule has 0 aliphatic carbocycles. The van der Waals surface area contributed by atoms with Crippen molar-refractivity contribution in [2.75, 3.05) is 5.32 Å². The highest BCUT2D eigenvalue weighted by Crippen LogP contribution is 2.19. The van der Waals surface area contributed by atoms with Crippen molar-refractivity contribution < 1.29 is 0 Å². The molecule has 0 amide bonds. The van der Waals surface area contributed by atoms with Crippen molar-refractivity contribution in [1.82, 2.24) is 0 Å². The van der Waals surface area contributed by atoms with Crippen molar-refractivity contribution >= 4 is 5.69 Å². The lowest BCUT2D eigenvalue weighted by atomic mass is 10.0. The monoisotopic (exact) mass is 233 g/mol. The third kappa shape index (κ3) is 4.80. The molecule has 0 saturated heterocycles. The summed E-state index contributed by atoms with van der Waals surface area (Å²) >= 11 is 0. The first-order valence-electron chi connectivity index (χ1n) is 7.03. The summed E-state index contributed by atoms with van der Waals surface area (Å²) in [5, 5.41) is 3.65. The maximum absolute atomic E-state index is 3.65. The van der Waals surface area contributed by atoms with Crippen LogP contribution in [0.2, 0.25) is 0 Å². The second kappa shape index (κ2) is 7.37. The van der Waals surface area contributed by atoms with E-state index in [9.17, 15) is 0 Å². The first-order valence-corrected chi connectivity index (χ1v) is 7.03. The maximum Gasteiger partial charge on any atom is 0.0342 e. The Kier molecular flexibility index (Phi) is 6.10. The van der Waals surface area contributed by atoms with E-state index in [-0.39, 0.29) is 0 Å². The van der Waals surface area contributed by atoms with Gasteiger partial charge in [-0.1, -0.05) is 52.7 Å². The molecule has 0 atom stereocenters. The molecule has 0 heterocycles. The van der Waals surface area contributed by atoms with Gasteiger partial charge in [0.15, 0.2) is 0 Å². The molecule has 0 aliphatic heterocycles. The van der Waals surface area contributed by atoms with E-state index in [4.69, 9.17) is 0 Å². The molecule has 1 N–H and O–H groups in total. The zero-order valence-corrected chi connectivity index (χ0v) is 11.8. The van der Waals surface area contributed by atoms with E-state index in [1.165, 1.54) is 36.9 Å². The Hall–Kier alpha value is -0.980. The number of benzene rings is 1. The molecule has 17 heavy (non-hydrogen) atoms. The minimum atomic E-state index is 0.617. The van der Waals surface area contributed by atoms with E-state index in [2.05, 4.69) is 57.3 Å². The van der Waals surface area contributed by atoms with Gasteiger partial charge in [0.1, 0.15) is 0 Å². The highest BCUT2D eigenvalue weighted by atomic mass is 14.9. The first kappa shape index (κ1) is 14.1. The largest absolute Gasteiger partial charge is 0.382 e. The molecule has 0 fully saturated rings. The van der Waals surface area contributed by atoms with Gasteiger partial charge >= 0.3 is 0 Å². The molecule has 1 nitrogen and oxygen atoms in total. The van der Waals surface area contributed by atoms with Crippen molar-refractivity contribution in [1.29, 1.82) is 0 Å². The zero-order chi connectivity index (χ0) is 12.7. The van der Waals surface area contributed by atoms with Crippen LogP contribution in [-0.2, 0) is 0 Å². The minimum Gasteiger partial charge on any atom is -0.382 e. The Morgan fingerprint density at radius 3 is 1.88 bits per heavy atom. The Balaban J connectivity index is 2.59. The predicted octanol–water partition coefficient (Wildman–Crippen LogP) is 5.19. The summed E-state index contributed by atoms with van der Waals surface area (Å²) in [6, 6.07) is 9.54. The van der Waals surface area contributed by atoms with Gasteiger partial charge in [0.05, 0.1) is 0 Å². The lowest BCUT2D eigenvalue weighted by Crippen LogP contribution is -2.18. The SMILES string of the molecule is CCCC(CCC)Nc1ccc(C(C)C)cc1. The van der Waals surface area contributed by atoms with Gasteiger partial charge in [-0.05, 0) is 36.5 Å². The molecule has 0 saturated carbocycles. The van der Waals surface area contributed by atoms with Crippen LogP contribution in [0.5, 0.6) is 0 Å². The summed E-state index contributed by atoms with van der Waals surface area (Å²) in [5.74, 6) is 0.617. The van der Waals surface area contributed by atoms with Gasteiger partial charge in [-0.3, -0.25) is 0 Å². The molecule has 0 aromatic heterocycles. The normalized spacial score (nSPS) is 11.2. The molecule has 1 aromatic rings. The third-order valence-corrected chi connectivity index (χ3v) is 3.22. The van der Waals surface area contributed by atoms with E-state index >= 15 is 0 Å². The second-order valence-corrected chi connectivity index (χ2v) is 5.20. The molecule has 0 radical (unpaired) electrons. The summed E-state index contributed by atoms with van der Waals surface area (Å²) in [7, 11) is 0. The van der Waals surface area contributed by atoms with Crippen molar-refractivity contribution in [3.8, 4) is 0 Å². The van der Waals surface area contributed by atoms with Gasteiger partial charge < -0.3 is 5.32 Å². The van der Waals surface area contributed by atoms with Gasteiger partial charge in [0.2, 0.25) is 0 Å². The number of anilines is 1. The first-order chi connectivity index (χ1) is 8.17. The number of hydrogen-bond acceptors (Lipinski definition) is 1. The zero-order valence-electron chi connectivity index (χ0n) is 11.8.